The van der Waals surface area contributed by atoms with Gasteiger partial charge in [-0.2, -0.15) is 0 Å². The van der Waals surface area contributed by atoms with E-state index in [1.807, 2.05) is 0 Å². The first-order valence-electron chi connectivity index (χ1n) is 13.0. The Kier molecular flexibility index (Phi) is 6.52. The van der Waals surface area contributed by atoms with Gasteiger partial charge in [0.25, 0.3) is 0 Å². The van der Waals surface area contributed by atoms with Crippen LogP contribution in [-0.2, 0) is 19.2 Å². The van der Waals surface area contributed by atoms with Gasteiger partial charge in [0, 0.05) is 31.1 Å². The molecule has 4 saturated carbocycles. The predicted molar refractivity (Wildman–Crippen MR) is 124 cm³/mol. The van der Waals surface area contributed by atoms with Gasteiger partial charge in [0.05, 0.1) is 0 Å². The van der Waals surface area contributed by atoms with Gasteiger partial charge >= 0.3 is 5.97 Å². The van der Waals surface area contributed by atoms with E-state index in [2.05, 4.69) is 33.0 Å². The molecule has 0 spiro atoms. The Hall–Kier alpha value is -1.72. The molecule has 4 fully saturated rings. The van der Waals surface area contributed by atoms with Crippen LogP contribution in [0, 0.1) is 52.3 Å². The topological polar surface area (TPSA) is 101 Å². The summed E-state index contributed by atoms with van der Waals surface area (Å²) < 4.78 is 0. The van der Waals surface area contributed by atoms with Gasteiger partial charge in [0.1, 0.15) is 18.1 Å². The number of carboxylic acids is 1. The second-order valence-corrected chi connectivity index (χ2v) is 12.2. The lowest BCUT2D eigenvalue weighted by molar-refractivity contribution is -0.168. The summed E-state index contributed by atoms with van der Waals surface area (Å²) in [5.74, 6) is 1.45. The number of hydrogen-bond donors (Lipinski definition) is 2. The smallest absolute Gasteiger partial charge is 0.322 e. The fourth-order valence-electron chi connectivity index (χ4n) is 8.96. The van der Waals surface area contributed by atoms with E-state index >= 15 is 0 Å². The average molecular weight is 460 g/mol. The van der Waals surface area contributed by atoms with E-state index in [1.165, 1.54) is 0 Å². The Morgan fingerprint density at radius 1 is 1.06 bits per heavy atom. The van der Waals surface area contributed by atoms with E-state index in [0.29, 0.717) is 54.5 Å². The summed E-state index contributed by atoms with van der Waals surface area (Å²) in [5.41, 5.74) is 0.209. The number of amides is 1. The molecule has 0 heterocycles. The molecule has 6 heteroatoms. The lowest BCUT2D eigenvalue weighted by Gasteiger charge is -2.61. The van der Waals surface area contributed by atoms with Gasteiger partial charge in [-0.25, -0.2) is 0 Å². The van der Waals surface area contributed by atoms with Crippen molar-refractivity contribution in [3.8, 4) is 0 Å². The number of ketones is 2. The monoisotopic (exact) mass is 459 g/mol. The Balaban J connectivity index is 1.48. The molecule has 9 unspecified atom stereocenters. The molecule has 6 nitrogen and oxygen atoms in total. The van der Waals surface area contributed by atoms with Gasteiger partial charge in [-0.05, 0) is 78.9 Å². The number of fused-ring (bicyclic) bond motifs is 5. The minimum Gasteiger partial charge on any atom is -0.480 e. The molecule has 1 amide bonds. The highest BCUT2D eigenvalue weighted by atomic mass is 16.4. The number of nitrogens with one attached hydrogen (secondary N) is 1. The van der Waals surface area contributed by atoms with Crippen LogP contribution in [0.1, 0.15) is 85.5 Å². The van der Waals surface area contributed by atoms with Gasteiger partial charge < -0.3 is 10.4 Å². The molecule has 0 aromatic heterocycles. The van der Waals surface area contributed by atoms with Crippen molar-refractivity contribution in [3.05, 3.63) is 0 Å². The SMILES string of the molecule is CC(CCC(=O)NCC(=O)O)C1CCC2C3C(=O)C(C)C4CC(=O)CCC4(C)C3CCC12C. The van der Waals surface area contributed by atoms with E-state index in [0.717, 1.165) is 38.5 Å². The van der Waals surface area contributed by atoms with Crippen LogP contribution in [0.3, 0.4) is 0 Å². The number of aliphatic carboxylic acids is 1. The summed E-state index contributed by atoms with van der Waals surface area (Å²) in [6.07, 6.45) is 7.65. The van der Waals surface area contributed by atoms with Gasteiger partial charge in [-0.1, -0.05) is 27.7 Å². The molecule has 9 atom stereocenters. The molecular weight excluding hydrogens is 418 g/mol. The molecule has 0 aliphatic heterocycles. The zero-order chi connectivity index (χ0) is 24.1. The van der Waals surface area contributed by atoms with Crippen molar-refractivity contribution in [2.75, 3.05) is 6.54 Å². The molecule has 0 bridgehead atoms. The standard InChI is InChI=1S/C27H41NO5/c1-15(5-8-22(30)28-14-23(31)32)18-6-7-19-24-20(10-12-26(18,19)3)27(4)11-9-17(29)13-21(27)16(2)25(24)33/h15-16,18-21,24H,5-14H2,1-4H3,(H,28,30)(H,31,32). The minimum absolute atomic E-state index is 0.0303. The third-order valence-corrected chi connectivity index (χ3v) is 10.8. The molecule has 0 aromatic rings. The number of Topliss-reactive ketones (excluding diaryl/α,β-unsaturated/α-hetero) is 2. The van der Waals surface area contributed by atoms with Crippen LogP contribution in [0.4, 0.5) is 0 Å². The lowest BCUT2D eigenvalue weighted by Crippen LogP contribution is -2.60. The second kappa shape index (κ2) is 8.81. The van der Waals surface area contributed by atoms with Gasteiger partial charge in [-0.3, -0.25) is 19.2 Å². The van der Waals surface area contributed by atoms with Gasteiger partial charge in [-0.15, -0.1) is 0 Å². The first-order chi connectivity index (χ1) is 15.5. The Morgan fingerprint density at radius 3 is 2.45 bits per heavy atom. The molecule has 4 rings (SSSR count). The van der Waals surface area contributed by atoms with E-state index in [4.69, 9.17) is 5.11 Å². The summed E-state index contributed by atoms with van der Waals surface area (Å²) in [6.45, 7) is 8.74. The first-order valence-corrected chi connectivity index (χ1v) is 13.0. The summed E-state index contributed by atoms with van der Waals surface area (Å²) in [5, 5.41) is 11.2. The molecule has 184 valence electrons. The maximum absolute atomic E-state index is 13.8. The quantitative estimate of drug-likeness (QED) is 0.618. The Labute approximate surface area is 197 Å². The summed E-state index contributed by atoms with van der Waals surface area (Å²) >= 11 is 0. The van der Waals surface area contributed by atoms with E-state index < -0.39 is 5.97 Å². The number of carbonyl (C=O) groups is 4. The molecular formula is C27H41NO5. The molecule has 0 saturated heterocycles. The third-order valence-electron chi connectivity index (χ3n) is 10.8. The van der Waals surface area contributed by atoms with Crippen molar-refractivity contribution in [2.45, 2.75) is 85.5 Å². The van der Waals surface area contributed by atoms with Crippen LogP contribution >= 0.6 is 0 Å². The lowest BCUT2D eigenvalue weighted by atomic mass is 9.42. The molecule has 4 aliphatic rings. The van der Waals surface area contributed by atoms with Crippen LogP contribution in [0.2, 0.25) is 0 Å². The Morgan fingerprint density at radius 2 is 1.76 bits per heavy atom. The summed E-state index contributed by atoms with van der Waals surface area (Å²) in [6, 6.07) is 0. The maximum atomic E-state index is 13.8. The van der Waals surface area contributed by atoms with Crippen molar-refractivity contribution in [3.63, 3.8) is 0 Å². The van der Waals surface area contributed by atoms with Crippen molar-refractivity contribution in [2.24, 2.45) is 52.3 Å². The first kappa shape index (κ1) is 24.4. The molecule has 33 heavy (non-hydrogen) atoms. The van der Waals surface area contributed by atoms with Crippen LogP contribution in [0.25, 0.3) is 0 Å². The summed E-state index contributed by atoms with van der Waals surface area (Å²) in [7, 11) is 0. The maximum Gasteiger partial charge on any atom is 0.322 e. The van der Waals surface area contributed by atoms with Crippen molar-refractivity contribution >= 4 is 23.4 Å². The predicted octanol–water partition coefficient (Wildman–Crippen LogP) is 4.26. The number of carbonyl (C=O) groups excluding carboxylic acids is 3. The number of carboxylic acid groups (broad SMARTS) is 1. The largest absolute Gasteiger partial charge is 0.480 e. The summed E-state index contributed by atoms with van der Waals surface area (Å²) in [4.78, 5) is 48.7. The van der Waals surface area contributed by atoms with Gasteiger partial charge in [0.15, 0.2) is 0 Å². The Bertz CT molecular complexity index is 838. The highest BCUT2D eigenvalue weighted by Crippen LogP contribution is 2.68. The highest BCUT2D eigenvalue weighted by molar-refractivity contribution is 5.88. The van der Waals surface area contributed by atoms with Gasteiger partial charge in [0.2, 0.25) is 5.91 Å². The molecule has 0 aromatic carbocycles. The zero-order valence-corrected chi connectivity index (χ0v) is 20.7. The minimum atomic E-state index is -1.02. The van der Waals surface area contributed by atoms with Crippen LogP contribution < -0.4 is 5.32 Å². The highest BCUT2D eigenvalue weighted by Gasteiger charge is 2.64. The normalized spacial score (nSPS) is 43.3. The van der Waals surface area contributed by atoms with Crippen molar-refractivity contribution in [1.29, 1.82) is 0 Å². The molecule has 2 N–H and O–H groups in total. The third kappa shape index (κ3) is 4.05. The number of rotatable bonds is 6. The van der Waals surface area contributed by atoms with E-state index in [9.17, 15) is 19.2 Å². The van der Waals surface area contributed by atoms with E-state index in [-0.39, 0.29) is 41.0 Å². The molecule has 4 aliphatic carbocycles. The fraction of sp³-hybridized carbons (Fsp3) is 0.852. The van der Waals surface area contributed by atoms with Crippen molar-refractivity contribution in [1.82, 2.24) is 5.32 Å². The van der Waals surface area contributed by atoms with Crippen LogP contribution in [0.15, 0.2) is 0 Å². The van der Waals surface area contributed by atoms with Crippen LogP contribution in [-0.4, -0.2) is 35.1 Å². The zero-order valence-electron chi connectivity index (χ0n) is 20.7. The van der Waals surface area contributed by atoms with Crippen LogP contribution in [0.5, 0.6) is 0 Å². The average Bonchev–Trinajstić information content (AvgIpc) is 3.12. The second-order valence-electron chi connectivity index (χ2n) is 12.2. The molecule has 0 radical (unpaired) electrons. The number of hydrogen-bond acceptors (Lipinski definition) is 4. The fourth-order valence-corrected chi connectivity index (χ4v) is 8.96. The van der Waals surface area contributed by atoms with E-state index in [1.54, 1.807) is 0 Å². The van der Waals surface area contributed by atoms with Crippen molar-refractivity contribution < 1.29 is 24.3 Å².